The summed E-state index contributed by atoms with van der Waals surface area (Å²) in [6, 6.07) is 6.69. The Morgan fingerprint density at radius 1 is 1.48 bits per heavy atom. The third-order valence-corrected chi connectivity index (χ3v) is 3.01. The van der Waals surface area contributed by atoms with Crippen molar-refractivity contribution in [1.82, 2.24) is 0 Å². The number of alkyl halides is 2. The minimum atomic E-state index is -2.54. The Bertz CT molecular complexity index is 620. The van der Waals surface area contributed by atoms with E-state index in [-0.39, 0.29) is 31.3 Å². The predicted octanol–water partition coefficient (Wildman–Crippen LogP) is 2.41. The van der Waals surface area contributed by atoms with E-state index >= 15 is 0 Å². The van der Waals surface area contributed by atoms with Gasteiger partial charge >= 0.3 is 0 Å². The summed E-state index contributed by atoms with van der Waals surface area (Å²) >= 11 is 0. The fraction of sp³-hybridized carbons (Fsp3) is 0.400. The molecular weight excluding hydrogens is 308 g/mol. The van der Waals surface area contributed by atoms with Crippen LogP contribution in [0.2, 0.25) is 0 Å². The first kappa shape index (κ1) is 17.0. The van der Waals surface area contributed by atoms with Gasteiger partial charge in [-0.1, -0.05) is 6.07 Å². The van der Waals surface area contributed by atoms with E-state index in [1.165, 1.54) is 5.01 Å². The predicted molar refractivity (Wildman–Crippen MR) is 81.7 cm³/mol. The first-order chi connectivity index (χ1) is 11.0. The lowest BCUT2D eigenvalue weighted by molar-refractivity contribution is -0.118. The Kier molecular flexibility index (Phi) is 5.75. The van der Waals surface area contributed by atoms with Gasteiger partial charge < -0.3 is 10.1 Å². The zero-order valence-corrected chi connectivity index (χ0v) is 12.6. The molecule has 1 N–H and O–H groups in total. The maximum Gasteiger partial charge on any atom is 0.261 e. The number of rotatable bonds is 7. The van der Waals surface area contributed by atoms with Crippen molar-refractivity contribution in [3.8, 4) is 0 Å². The van der Waals surface area contributed by atoms with Crippen LogP contribution in [0.3, 0.4) is 0 Å². The topological polar surface area (TPSA) is 71.0 Å². The second-order valence-corrected chi connectivity index (χ2v) is 5.03. The highest BCUT2D eigenvalue weighted by atomic mass is 19.3. The summed E-state index contributed by atoms with van der Waals surface area (Å²) in [5.41, 5.74) is 1.77. The molecule has 0 radical (unpaired) electrons. The van der Waals surface area contributed by atoms with Crippen LogP contribution in [0.5, 0.6) is 0 Å². The number of amides is 2. The zero-order chi connectivity index (χ0) is 16.8. The van der Waals surface area contributed by atoms with E-state index in [0.717, 1.165) is 5.71 Å². The van der Waals surface area contributed by atoms with Gasteiger partial charge in [-0.2, -0.15) is 5.10 Å². The van der Waals surface area contributed by atoms with E-state index in [1.54, 1.807) is 31.2 Å². The molecule has 0 saturated heterocycles. The van der Waals surface area contributed by atoms with Crippen LogP contribution in [0, 0.1) is 0 Å². The van der Waals surface area contributed by atoms with E-state index in [2.05, 4.69) is 15.2 Å². The molecule has 1 aromatic carbocycles. The third kappa shape index (κ3) is 5.10. The molecule has 1 heterocycles. The number of hydrazone groups is 1. The van der Waals surface area contributed by atoms with Crippen LogP contribution in [0.4, 0.5) is 20.2 Å². The average molecular weight is 325 g/mol. The maximum absolute atomic E-state index is 11.9. The SMILES string of the molecule is CC1=NN(c2cccc(NC(=O)CCOCC(F)F)c2)C(=O)C1. The number of ether oxygens (including phenoxy) is 1. The van der Waals surface area contributed by atoms with Crippen molar-refractivity contribution in [3.63, 3.8) is 0 Å². The molecule has 0 saturated carbocycles. The monoisotopic (exact) mass is 325 g/mol. The van der Waals surface area contributed by atoms with Crippen molar-refractivity contribution < 1.29 is 23.1 Å². The van der Waals surface area contributed by atoms with Gasteiger partial charge in [0.15, 0.2) is 0 Å². The molecule has 124 valence electrons. The van der Waals surface area contributed by atoms with Crippen LogP contribution in [0.25, 0.3) is 0 Å². The largest absolute Gasteiger partial charge is 0.375 e. The van der Waals surface area contributed by atoms with Gasteiger partial charge in [-0.05, 0) is 25.1 Å². The number of nitrogens with one attached hydrogen (secondary N) is 1. The summed E-state index contributed by atoms with van der Waals surface area (Å²) in [7, 11) is 0. The molecule has 0 aliphatic carbocycles. The number of benzene rings is 1. The molecule has 0 fully saturated rings. The lowest BCUT2D eigenvalue weighted by Crippen LogP contribution is -2.20. The number of anilines is 2. The summed E-state index contributed by atoms with van der Waals surface area (Å²) in [6.45, 7) is 1.00. The highest BCUT2D eigenvalue weighted by molar-refractivity contribution is 6.12. The normalized spacial score (nSPS) is 14.3. The van der Waals surface area contributed by atoms with Crippen molar-refractivity contribution in [1.29, 1.82) is 0 Å². The van der Waals surface area contributed by atoms with Crippen LogP contribution in [0.1, 0.15) is 19.8 Å². The molecule has 2 amide bonds. The fourth-order valence-electron chi connectivity index (χ4n) is 2.03. The number of nitrogens with zero attached hydrogens (tertiary/aromatic N) is 2. The van der Waals surface area contributed by atoms with Crippen LogP contribution in [-0.2, 0) is 14.3 Å². The van der Waals surface area contributed by atoms with Gasteiger partial charge in [-0.3, -0.25) is 9.59 Å². The highest BCUT2D eigenvalue weighted by Crippen LogP contribution is 2.23. The molecular formula is C15H17F2N3O3. The second kappa shape index (κ2) is 7.77. The molecule has 0 unspecified atom stereocenters. The van der Waals surface area contributed by atoms with Crippen LogP contribution < -0.4 is 10.3 Å². The van der Waals surface area contributed by atoms with Gasteiger partial charge in [-0.15, -0.1) is 0 Å². The molecule has 0 spiro atoms. The van der Waals surface area contributed by atoms with Gasteiger partial charge in [0.05, 0.1) is 25.1 Å². The number of halogens is 2. The van der Waals surface area contributed by atoms with E-state index in [9.17, 15) is 18.4 Å². The third-order valence-electron chi connectivity index (χ3n) is 3.01. The molecule has 23 heavy (non-hydrogen) atoms. The molecule has 1 aliphatic heterocycles. The summed E-state index contributed by atoms with van der Waals surface area (Å²) in [5.74, 6) is -0.491. The summed E-state index contributed by atoms with van der Waals surface area (Å²) in [4.78, 5) is 23.5. The van der Waals surface area contributed by atoms with E-state index < -0.39 is 13.0 Å². The molecule has 2 rings (SSSR count). The first-order valence-electron chi connectivity index (χ1n) is 7.08. The zero-order valence-electron chi connectivity index (χ0n) is 12.6. The van der Waals surface area contributed by atoms with Gasteiger partial charge in [0.25, 0.3) is 12.3 Å². The summed E-state index contributed by atoms with van der Waals surface area (Å²) in [5, 5.41) is 8.05. The Balaban J connectivity index is 1.90. The van der Waals surface area contributed by atoms with Crippen molar-refractivity contribution in [2.24, 2.45) is 5.10 Å². The Morgan fingerprint density at radius 2 is 2.26 bits per heavy atom. The lowest BCUT2D eigenvalue weighted by Gasteiger charge is -2.13. The van der Waals surface area contributed by atoms with Crippen molar-refractivity contribution >= 4 is 28.9 Å². The molecule has 6 nitrogen and oxygen atoms in total. The number of carbonyl (C=O) groups excluding carboxylic acids is 2. The Hall–Kier alpha value is -2.35. The summed E-state index contributed by atoms with van der Waals surface area (Å²) in [6.07, 6.45) is -2.30. The highest BCUT2D eigenvalue weighted by Gasteiger charge is 2.22. The number of carbonyl (C=O) groups is 2. The molecule has 1 aromatic rings. The molecule has 8 heteroatoms. The van der Waals surface area contributed by atoms with Gasteiger partial charge in [0, 0.05) is 11.4 Å². The lowest BCUT2D eigenvalue weighted by atomic mass is 10.2. The summed E-state index contributed by atoms with van der Waals surface area (Å²) < 4.78 is 28.4. The van der Waals surface area contributed by atoms with Gasteiger partial charge in [-0.25, -0.2) is 13.8 Å². The Labute approximate surface area is 132 Å². The number of hydrogen-bond donors (Lipinski definition) is 1. The van der Waals surface area contributed by atoms with Crippen LogP contribution >= 0.6 is 0 Å². The maximum atomic E-state index is 11.9. The van der Waals surface area contributed by atoms with Crippen LogP contribution in [0.15, 0.2) is 29.4 Å². The Morgan fingerprint density at radius 3 is 2.91 bits per heavy atom. The molecule has 0 aromatic heterocycles. The molecule has 1 aliphatic rings. The number of hydrogen-bond acceptors (Lipinski definition) is 4. The smallest absolute Gasteiger partial charge is 0.261 e. The van der Waals surface area contributed by atoms with Gasteiger partial charge in [0.1, 0.15) is 6.61 Å². The van der Waals surface area contributed by atoms with E-state index in [1.807, 2.05) is 0 Å². The fourth-order valence-corrected chi connectivity index (χ4v) is 2.03. The van der Waals surface area contributed by atoms with Crippen molar-refractivity contribution in [3.05, 3.63) is 24.3 Å². The van der Waals surface area contributed by atoms with Crippen LogP contribution in [-0.4, -0.2) is 37.2 Å². The van der Waals surface area contributed by atoms with Crippen molar-refractivity contribution in [2.75, 3.05) is 23.5 Å². The minimum Gasteiger partial charge on any atom is -0.375 e. The van der Waals surface area contributed by atoms with Crippen molar-refractivity contribution in [2.45, 2.75) is 26.2 Å². The second-order valence-electron chi connectivity index (χ2n) is 5.03. The minimum absolute atomic E-state index is 0.0309. The molecule has 0 bridgehead atoms. The quantitative estimate of drug-likeness (QED) is 0.783. The first-order valence-corrected chi connectivity index (χ1v) is 7.08. The van der Waals surface area contributed by atoms with E-state index in [4.69, 9.17) is 0 Å². The standard InChI is InChI=1S/C15H17F2N3O3/c1-10-7-15(22)20(19-10)12-4-2-3-11(8-12)18-14(21)5-6-23-9-13(16)17/h2-4,8,13H,5-7,9H2,1H3,(H,18,21). The van der Waals surface area contributed by atoms with E-state index in [0.29, 0.717) is 11.4 Å². The van der Waals surface area contributed by atoms with Gasteiger partial charge in [0.2, 0.25) is 5.91 Å². The average Bonchev–Trinajstić information content (AvgIpc) is 2.82. The molecule has 0 atom stereocenters.